The van der Waals surface area contributed by atoms with E-state index in [1.54, 1.807) is 22.7 Å². The van der Waals surface area contributed by atoms with Gasteiger partial charge in [-0.1, -0.05) is 6.07 Å². The first-order valence-electron chi connectivity index (χ1n) is 7.10. The lowest BCUT2D eigenvalue weighted by atomic mass is 10.3. The van der Waals surface area contributed by atoms with Gasteiger partial charge in [-0.3, -0.25) is 9.47 Å². The van der Waals surface area contributed by atoms with Crippen molar-refractivity contribution in [2.24, 2.45) is 0 Å². The Kier molecular flexibility index (Phi) is 4.87. The summed E-state index contributed by atoms with van der Waals surface area (Å²) in [7, 11) is 2.09. The molecule has 0 N–H and O–H groups in total. The second-order valence-corrected chi connectivity index (χ2v) is 7.21. The Morgan fingerprint density at radius 1 is 1.32 bits per heavy atom. The molecule has 0 fully saturated rings. The van der Waals surface area contributed by atoms with Gasteiger partial charge in [-0.25, -0.2) is 4.68 Å². The summed E-state index contributed by atoms with van der Waals surface area (Å²) in [4.78, 5) is 3.38. The van der Waals surface area contributed by atoms with Crippen molar-refractivity contribution in [2.45, 2.75) is 26.7 Å². The van der Waals surface area contributed by atoms with Crippen LogP contribution in [0.2, 0.25) is 0 Å². The minimum atomic E-state index is 0.694. The smallest absolute Gasteiger partial charge is 0.199 e. The second-order valence-electron chi connectivity index (χ2n) is 5.11. The van der Waals surface area contributed by atoms with Crippen molar-refractivity contribution in [3.05, 3.63) is 44.7 Å². The van der Waals surface area contributed by atoms with Gasteiger partial charge in [0.05, 0.1) is 11.5 Å². The Morgan fingerprint density at radius 2 is 2.18 bits per heavy atom. The molecule has 0 amide bonds. The molecule has 3 rings (SSSR count). The maximum atomic E-state index is 5.60. The average Bonchev–Trinajstić information content (AvgIpc) is 3.21. The summed E-state index contributed by atoms with van der Waals surface area (Å²) in [6, 6.07) is 6.29. The zero-order valence-electron chi connectivity index (χ0n) is 12.6. The highest BCUT2D eigenvalue weighted by Gasteiger charge is 2.13. The maximum Gasteiger partial charge on any atom is 0.199 e. The zero-order chi connectivity index (χ0) is 15.5. The fraction of sp³-hybridized carbons (Fsp3) is 0.333. The number of thiophene rings is 2. The van der Waals surface area contributed by atoms with Crippen LogP contribution in [0.25, 0.3) is 10.7 Å². The molecular formula is C15H18N4S3. The molecule has 0 aliphatic carbocycles. The van der Waals surface area contributed by atoms with Gasteiger partial charge in [-0.15, -0.1) is 16.4 Å². The molecule has 0 aromatic carbocycles. The van der Waals surface area contributed by atoms with E-state index in [2.05, 4.69) is 51.7 Å². The predicted molar refractivity (Wildman–Crippen MR) is 95.8 cm³/mol. The standard InChI is InChI=1S/C15H18N4S3/c1-3-18-14(13-5-4-7-22-13)16-19(15(18)20)11-17(2)9-12-6-8-21-10-12/h4-8,10H,3,9,11H2,1-2H3. The zero-order valence-corrected chi connectivity index (χ0v) is 15.0. The number of nitrogens with zero attached hydrogens (tertiary/aromatic N) is 4. The summed E-state index contributed by atoms with van der Waals surface area (Å²) in [5, 5.41) is 11.1. The van der Waals surface area contributed by atoms with Gasteiger partial charge in [0.25, 0.3) is 0 Å². The predicted octanol–water partition coefficient (Wildman–Crippen LogP) is 4.31. The Hall–Kier alpha value is -1.28. The lowest BCUT2D eigenvalue weighted by molar-refractivity contribution is 0.244. The average molecular weight is 351 g/mol. The Bertz CT molecular complexity index is 768. The Balaban J connectivity index is 1.83. The molecule has 3 aromatic rings. The summed E-state index contributed by atoms with van der Waals surface area (Å²) >= 11 is 9.02. The van der Waals surface area contributed by atoms with Crippen molar-refractivity contribution in [1.29, 1.82) is 0 Å². The maximum absolute atomic E-state index is 5.60. The molecule has 0 radical (unpaired) electrons. The summed E-state index contributed by atoms with van der Waals surface area (Å²) in [5.41, 5.74) is 1.33. The molecule has 116 valence electrons. The third-order valence-electron chi connectivity index (χ3n) is 3.39. The third kappa shape index (κ3) is 3.22. The highest BCUT2D eigenvalue weighted by Crippen LogP contribution is 2.23. The van der Waals surface area contributed by atoms with Gasteiger partial charge >= 0.3 is 0 Å². The molecule has 0 saturated carbocycles. The molecule has 4 nitrogen and oxygen atoms in total. The van der Waals surface area contributed by atoms with Crippen molar-refractivity contribution in [3.8, 4) is 10.7 Å². The first-order chi connectivity index (χ1) is 10.7. The first-order valence-corrected chi connectivity index (χ1v) is 9.33. The van der Waals surface area contributed by atoms with Crippen LogP contribution in [0.1, 0.15) is 12.5 Å². The summed E-state index contributed by atoms with van der Waals surface area (Å²) in [6.07, 6.45) is 0. The van der Waals surface area contributed by atoms with E-state index in [4.69, 9.17) is 17.3 Å². The molecule has 3 heterocycles. The van der Waals surface area contributed by atoms with Crippen LogP contribution in [0, 0.1) is 4.77 Å². The molecule has 0 unspecified atom stereocenters. The van der Waals surface area contributed by atoms with Crippen LogP contribution in [0.15, 0.2) is 34.3 Å². The first kappa shape index (κ1) is 15.6. The van der Waals surface area contributed by atoms with Gasteiger partial charge in [0.2, 0.25) is 0 Å². The van der Waals surface area contributed by atoms with Crippen LogP contribution >= 0.6 is 34.9 Å². The van der Waals surface area contributed by atoms with Crippen molar-refractivity contribution in [3.63, 3.8) is 0 Å². The van der Waals surface area contributed by atoms with Crippen LogP contribution < -0.4 is 0 Å². The lowest BCUT2D eigenvalue weighted by Gasteiger charge is -2.15. The minimum absolute atomic E-state index is 0.694. The molecular weight excluding hydrogens is 332 g/mol. The Labute approximate surface area is 143 Å². The number of hydrogen-bond acceptors (Lipinski definition) is 5. The molecule has 0 spiro atoms. The van der Waals surface area contributed by atoms with Crippen molar-refractivity contribution < 1.29 is 0 Å². The van der Waals surface area contributed by atoms with E-state index in [9.17, 15) is 0 Å². The van der Waals surface area contributed by atoms with Gasteiger partial charge < -0.3 is 0 Å². The van der Waals surface area contributed by atoms with Crippen LogP contribution in [-0.2, 0) is 19.8 Å². The van der Waals surface area contributed by atoms with Gasteiger partial charge in [-0.05, 0) is 60.0 Å². The largest absolute Gasteiger partial charge is 0.300 e. The fourth-order valence-electron chi connectivity index (χ4n) is 2.38. The topological polar surface area (TPSA) is 26.0 Å². The van der Waals surface area contributed by atoms with E-state index >= 15 is 0 Å². The molecule has 22 heavy (non-hydrogen) atoms. The highest BCUT2D eigenvalue weighted by molar-refractivity contribution is 7.71. The SMILES string of the molecule is CCn1c(-c2cccs2)nn(CN(C)Cc2ccsc2)c1=S. The molecule has 7 heteroatoms. The van der Waals surface area contributed by atoms with Crippen LogP contribution in [0.4, 0.5) is 0 Å². The van der Waals surface area contributed by atoms with E-state index in [0.717, 1.165) is 28.6 Å². The van der Waals surface area contributed by atoms with Gasteiger partial charge in [0.15, 0.2) is 10.6 Å². The van der Waals surface area contributed by atoms with Crippen molar-refractivity contribution in [1.82, 2.24) is 19.2 Å². The van der Waals surface area contributed by atoms with E-state index in [-0.39, 0.29) is 0 Å². The molecule has 0 aliphatic rings. The minimum Gasteiger partial charge on any atom is -0.300 e. The number of hydrogen-bond donors (Lipinski definition) is 0. The van der Waals surface area contributed by atoms with E-state index < -0.39 is 0 Å². The Morgan fingerprint density at radius 3 is 2.82 bits per heavy atom. The number of rotatable bonds is 6. The van der Waals surface area contributed by atoms with Crippen LogP contribution in [0.3, 0.4) is 0 Å². The summed E-state index contributed by atoms with van der Waals surface area (Å²) in [5.74, 6) is 0.964. The quantitative estimate of drug-likeness (QED) is 0.620. The van der Waals surface area contributed by atoms with Gasteiger partial charge in [0.1, 0.15) is 0 Å². The van der Waals surface area contributed by atoms with E-state index in [0.29, 0.717) is 6.67 Å². The lowest BCUT2D eigenvalue weighted by Crippen LogP contribution is -2.22. The highest BCUT2D eigenvalue weighted by atomic mass is 32.1. The fourth-order valence-corrected chi connectivity index (χ4v) is 4.07. The molecule has 0 aliphatic heterocycles. The van der Waals surface area contributed by atoms with E-state index in [1.165, 1.54) is 5.56 Å². The van der Waals surface area contributed by atoms with Crippen LogP contribution in [0.5, 0.6) is 0 Å². The molecule has 3 aromatic heterocycles. The summed E-state index contributed by atoms with van der Waals surface area (Å²) in [6.45, 7) is 4.53. The van der Waals surface area contributed by atoms with Gasteiger partial charge in [0, 0.05) is 13.1 Å². The third-order valence-corrected chi connectivity index (χ3v) is 5.42. The monoisotopic (exact) mass is 350 g/mol. The molecule has 0 bridgehead atoms. The van der Waals surface area contributed by atoms with Crippen molar-refractivity contribution >= 4 is 34.9 Å². The van der Waals surface area contributed by atoms with Crippen molar-refractivity contribution in [2.75, 3.05) is 7.05 Å². The second kappa shape index (κ2) is 6.87. The normalized spacial score (nSPS) is 11.4. The van der Waals surface area contributed by atoms with E-state index in [1.807, 2.05) is 10.7 Å². The number of aromatic nitrogens is 3. The van der Waals surface area contributed by atoms with Crippen LogP contribution in [-0.4, -0.2) is 26.3 Å². The molecule has 0 saturated heterocycles. The van der Waals surface area contributed by atoms with Gasteiger partial charge in [-0.2, -0.15) is 11.3 Å². The summed E-state index contributed by atoms with van der Waals surface area (Å²) < 4.78 is 4.79. The molecule has 0 atom stereocenters.